The summed E-state index contributed by atoms with van der Waals surface area (Å²) in [6.45, 7) is 6.70. The first-order chi connectivity index (χ1) is 13.7. The van der Waals surface area contributed by atoms with E-state index >= 15 is 0 Å². The van der Waals surface area contributed by atoms with Gasteiger partial charge in [-0.05, 0) is 44.0 Å². The van der Waals surface area contributed by atoms with Gasteiger partial charge < -0.3 is 15.5 Å². The van der Waals surface area contributed by atoms with E-state index in [1.54, 1.807) is 0 Å². The van der Waals surface area contributed by atoms with Gasteiger partial charge in [-0.15, -0.1) is 0 Å². The SMILES string of the molecule is NC1CCN(C(=O)CCCN2CCN(c3ccc4ccccc4n3)CC2)CC1. The van der Waals surface area contributed by atoms with Gasteiger partial charge in [0, 0.05) is 57.1 Å². The monoisotopic (exact) mass is 381 g/mol. The van der Waals surface area contributed by atoms with Crippen molar-refractivity contribution in [3.05, 3.63) is 36.4 Å². The maximum atomic E-state index is 12.3. The van der Waals surface area contributed by atoms with Crippen LogP contribution in [0, 0.1) is 0 Å². The summed E-state index contributed by atoms with van der Waals surface area (Å²) in [6, 6.07) is 12.8. The van der Waals surface area contributed by atoms with Gasteiger partial charge in [-0.1, -0.05) is 18.2 Å². The molecule has 2 N–H and O–H groups in total. The number of anilines is 1. The van der Waals surface area contributed by atoms with E-state index in [2.05, 4.69) is 34.1 Å². The molecular formula is C22H31N5O. The molecule has 2 aromatic rings. The van der Waals surface area contributed by atoms with E-state index in [9.17, 15) is 4.79 Å². The number of hydrogen-bond donors (Lipinski definition) is 1. The van der Waals surface area contributed by atoms with Crippen LogP contribution in [0.4, 0.5) is 5.82 Å². The van der Waals surface area contributed by atoms with Crippen LogP contribution in [0.5, 0.6) is 0 Å². The zero-order valence-electron chi connectivity index (χ0n) is 16.6. The van der Waals surface area contributed by atoms with Gasteiger partial charge in [0.05, 0.1) is 5.52 Å². The number of fused-ring (bicyclic) bond motifs is 1. The molecule has 1 amide bonds. The first kappa shape index (κ1) is 19.2. The normalized spacial score (nSPS) is 19.3. The summed E-state index contributed by atoms with van der Waals surface area (Å²) in [5.74, 6) is 1.36. The second kappa shape index (κ2) is 8.88. The lowest BCUT2D eigenvalue weighted by Gasteiger charge is -2.35. The number of pyridine rings is 1. The molecular weight excluding hydrogens is 350 g/mol. The Bertz CT molecular complexity index is 794. The maximum Gasteiger partial charge on any atom is 0.222 e. The van der Waals surface area contributed by atoms with Crippen molar-refractivity contribution in [2.45, 2.75) is 31.7 Å². The Labute approximate surface area is 167 Å². The fourth-order valence-electron chi connectivity index (χ4n) is 4.19. The van der Waals surface area contributed by atoms with Crippen LogP contribution in [-0.4, -0.2) is 72.5 Å². The number of carbonyl (C=O) groups excluding carboxylic acids is 1. The molecule has 6 nitrogen and oxygen atoms in total. The summed E-state index contributed by atoms with van der Waals surface area (Å²) in [4.78, 5) is 24.0. The lowest BCUT2D eigenvalue weighted by Crippen LogP contribution is -2.47. The van der Waals surface area contributed by atoms with Crippen LogP contribution in [0.2, 0.25) is 0 Å². The standard InChI is InChI=1S/C22H31N5O/c23-19-9-12-27(13-10-19)22(28)6-3-11-25-14-16-26(17-15-25)21-8-7-18-4-1-2-5-20(18)24-21/h1-2,4-5,7-8,19H,3,6,9-17,23H2. The van der Waals surface area contributed by atoms with E-state index in [0.717, 1.165) is 76.4 Å². The summed E-state index contributed by atoms with van der Waals surface area (Å²) in [7, 11) is 0. The van der Waals surface area contributed by atoms with Gasteiger partial charge >= 0.3 is 0 Å². The fourth-order valence-corrected chi connectivity index (χ4v) is 4.19. The van der Waals surface area contributed by atoms with Gasteiger partial charge in [-0.25, -0.2) is 4.98 Å². The van der Waals surface area contributed by atoms with Crippen molar-refractivity contribution >= 4 is 22.6 Å². The number of piperazine rings is 1. The molecule has 2 saturated heterocycles. The number of nitrogens with zero attached hydrogens (tertiary/aromatic N) is 4. The van der Waals surface area contributed by atoms with Crippen LogP contribution in [0.3, 0.4) is 0 Å². The van der Waals surface area contributed by atoms with Gasteiger partial charge in [-0.3, -0.25) is 9.69 Å². The molecule has 0 aliphatic carbocycles. The Morgan fingerprint density at radius 1 is 1.00 bits per heavy atom. The third-order valence-electron chi connectivity index (χ3n) is 6.04. The maximum absolute atomic E-state index is 12.3. The third-order valence-corrected chi connectivity index (χ3v) is 6.04. The van der Waals surface area contributed by atoms with Crippen molar-refractivity contribution < 1.29 is 4.79 Å². The molecule has 0 spiro atoms. The summed E-state index contributed by atoms with van der Waals surface area (Å²) in [5.41, 5.74) is 6.98. The van der Waals surface area contributed by atoms with E-state index in [1.165, 1.54) is 5.39 Å². The number of rotatable bonds is 5. The highest BCUT2D eigenvalue weighted by Gasteiger charge is 2.21. The number of benzene rings is 1. The number of hydrogen-bond acceptors (Lipinski definition) is 5. The molecule has 4 rings (SSSR count). The van der Waals surface area contributed by atoms with Gasteiger partial charge in [-0.2, -0.15) is 0 Å². The van der Waals surface area contributed by atoms with Crippen molar-refractivity contribution in [1.29, 1.82) is 0 Å². The highest BCUT2D eigenvalue weighted by atomic mass is 16.2. The van der Waals surface area contributed by atoms with Gasteiger partial charge in [0.25, 0.3) is 0 Å². The molecule has 2 aliphatic heterocycles. The second-order valence-electron chi connectivity index (χ2n) is 8.01. The fraction of sp³-hybridized carbons (Fsp3) is 0.545. The van der Waals surface area contributed by atoms with Crippen molar-refractivity contribution in [1.82, 2.24) is 14.8 Å². The number of nitrogens with two attached hydrogens (primary N) is 1. The predicted molar refractivity (Wildman–Crippen MR) is 113 cm³/mol. The van der Waals surface area contributed by atoms with E-state index in [0.29, 0.717) is 12.3 Å². The van der Waals surface area contributed by atoms with Crippen LogP contribution < -0.4 is 10.6 Å². The minimum absolute atomic E-state index is 0.275. The lowest BCUT2D eigenvalue weighted by atomic mass is 10.1. The molecule has 0 atom stereocenters. The predicted octanol–water partition coefficient (Wildman–Crippen LogP) is 2.09. The minimum Gasteiger partial charge on any atom is -0.354 e. The van der Waals surface area contributed by atoms with E-state index in [-0.39, 0.29) is 6.04 Å². The van der Waals surface area contributed by atoms with Gasteiger partial charge in [0.2, 0.25) is 5.91 Å². The Kier molecular flexibility index (Phi) is 6.07. The number of piperidine rings is 1. The Morgan fingerprint density at radius 3 is 2.54 bits per heavy atom. The molecule has 0 radical (unpaired) electrons. The average Bonchev–Trinajstić information content (AvgIpc) is 2.74. The quantitative estimate of drug-likeness (QED) is 0.859. The first-order valence-electron chi connectivity index (χ1n) is 10.6. The summed E-state index contributed by atoms with van der Waals surface area (Å²) >= 11 is 0. The molecule has 150 valence electrons. The third kappa shape index (κ3) is 4.62. The molecule has 2 fully saturated rings. The number of para-hydroxylation sites is 1. The average molecular weight is 382 g/mol. The van der Waals surface area contributed by atoms with Crippen LogP contribution in [0.1, 0.15) is 25.7 Å². The molecule has 0 bridgehead atoms. The lowest BCUT2D eigenvalue weighted by molar-refractivity contribution is -0.132. The molecule has 1 aromatic carbocycles. The molecule has 0 unspecified atom stereocenters. The number of aromatic nitrogens is 1. The van der Waals surface area contributed by atoms with Gasteiger partial charge in [0.15, 0.2) is 0 Å². The smallest absolute Gasteiger partial charge is 0.222 e. The molecule has 3 heterocycles. The Balaban J connectivity index is 1.20. The van der Waals surface area contributed by atoms with Crippen molar-refractivity contribution in [2.75, 3.05) is 50.7 Å². The highest BCUT2D eigenvalue weighted by Crippen LogP contribution is 2.19. The summed E-state index contributed by atoms with van der Waals surface area (Å²) in [6.07, 6.45) is 3.48. The minimum atomic E-state index is 0.275. The number of likely N-dealkylation sites (tertiary alicyclic amines) is 1. The van der Waals surface area contributed by atoms with E-state index in [4.69, 9.17) is 10.7 Å². The summed E-state index contributed by atoms with van der Waals surface area (Å²) in [5, 5.41) is 1.19. The van der Waals surface area contributed by atoms with Crippen molar-refractivity contribution in [3.63, 3.8) is 0 Å². The first-order valence-corrected chi connectivity index (χ1v) is 10.6. The molecule has 2 aliphatic rings. The highest BCUT2D eigenvalue weighted by molar-refractivity contribution is 5.80. The molecule has 1 aromatic heterocycles. The van der Waals surface area contributed by atoms with Crippen molar-refractivity contribution in [2.24, 2.45) is 5.73 Å². The Morgan fingerprint density at radius 2 is 1.75 bits per heavy atom. The number of carbonyl (C=O) groups is 1. The Hall–Kier alpha value is -2.18. The zero-order chi connectivity index (χ0) is 19.3. The van der Waals surface area contributed by atoms with Crippen LogP contribution >= 0.6 is 0 Å². The largest absolute Gasteiger partial charge is 0.354 e. The molecule has 0 saturated carbocycles. The van der Waals surface area contributed by atoms with Crippen molar-refractivity contribution in [3.8, 4) is 0 Å². The molecule has 6 heteroatoms. The van der Waals surface area contributed by atoms with Crippen LogP contribution in [0.15, 0.2) is 36.4 Å². The zero-order valence-corrected chi connectivity index (χ0v) is 16.6. The van der Waals surface area contributed by atoms with Crippen LogP contribution in [0.25, 0.3) is 10.9 Å². The van der Waals surface area contributed by atoms with Gasteiger partial charge in [0.1, 0.15) is 5.82 Å². The second-order valence-corrected chi connectivity index (χ2v) is 8.01. The van der Waals surface area contributed by atoms with E-state index in [1.807, 2.05) is 17.0 Å². The topological polar surface area (TPSA) is 65.7 Å². The summed E-state index contributed by atoms with van der Waals surface area (Å²) < 4.78 is 0. The van der Waals surface area contributed by atoms with Crippen LogP contribution in [-0.2, 0) is 4.79 Å². The molecule has 28 heavy (non-hydrogen) atoms. The number of amides is 1. The van der Waals surface area contributed by atoms with E-state index < -0.39 is 0 Å².